The van der Waals surface area contributed by atoms with Crippen molar-refractivity contribution in [2.75, 3.05) is 38.2 Å². The second kappa shape index (κ2) is 7.94. The van der Waals surface area contributed by atoms with E-state index in [-0.39, 0.29) is 5.91 Å². The van der Waals surface area contributed by atoms with E-state index in [1.54, 1.807) is 13.2 Å². The third kappa shape index (κ3) is 3.82. The summed E-state index contributed by atoms with van der Waals surface area (Å²) < 4.78 is 5.17. The van der Waals surface area contributed by atoms with Crippen LogP contribution in [0.2, 0.25) is 5.02 Å². The number of nitrogens with zero attached hydrogens (tertiary/aromatic N) is 3. The Bertz CT molecular complexity index is 945. The van der Waals surface area contributed by atoms with E-state index >= 15 is 0 Å². The number of amides is 1. The highest BCUT2D eigenvalue weighted by Crippen LogP contribution is 2.23. The van der Waals surface area contributed by atoms with Crippen molar-refractivity contribution < 1.29 is 9.53 Å². The van der Waals surface area contributed by atoms with Gasteiger partial charge in [0.1, 0.15) is 11.4 Å². The molecule has 1 fully saturated rings. The van der Waals surface area contributed by atoms with E-state index in [9.17, 15) is 4.79 Å². The highest BCUT2D eigenvalue weighted by atomic mass is 35.5. The van der Waals surface area contributed by atoms with Gasteiger partial charge in [-0.1, -0.05) is 11.6 Å². The van der Waals surface area contributed by atoms with Crippen LogP contribution < -0.4 is 9.64 Å². The van der Waals surface area contributed by atoms with Crippen LogP contribution >= 0.6 is 11.6 Å². The van der Waals surface area contributed by atoms with Crippen LogP contribution in [-0.4, -0.2) is 54.3 Å². The molecule has 2 heterocycles. The molecule has 0 atom stereocenters. The van der Waals surface area contributed by atoms with E-state index < -0.39 is 0 Å². The van der Waals surface area contributed by atoms with Gasteiger partial charge in [-0.05, 0) is 54.6 Å². The summed E-state index contributed by atoms with van der Waals surface area (Å²) in [7, 11) is 1.63. The minimum atomic E-state index is -0.0250. The van der Waals surface area contributed by atoms with E-state index in [0.717, 1.165) is 40.8 Å². The molecule has 0 bridgehead atoms. The van der Waals surface area contributed by atoms with Gasteiger partial charge in [0.15, 0.2) is 0 Å². The molecule has 7 heteroatoms. The van der Waals surface area contributed by atoms with Gasteiger partial charge in [-0.15, -0.1) is 0 Å². The van der Waals surface area contributed by atoms with Crippen molar-refractivity contribution in [3.05, 3.63) is 65.3 Å². The van der Waals surface area contributed by atoms with Gasteiger partial charge in [-0.3, -0.25) is 9.89 Å². The quantitative estimate of drug-likeness (QED) is 0.730. The number of aromatic nitrogens is 2. The molecule has 1 N–H and O–H groups in total. The summed E-state index contributed by atoms with van der Waals surface area (Å²) in [5.74, 6) is 0.761. The van der Waals surface area contributed by atoms with E-state index in [1.165, 1.54) is 0 Å². The Labute approximate surface area is 168 Å². The van der Waals surface area contributed by atoms with E-state index in [4.69, 9.17) is 16.3 Å². The molecule has 1 amide bonds. The number of ether oxygens (including phenoxy) is 1. The van der Waals surface area contributed by atoms with Crippen molar-refractivity contribution in [1.82, 2.24) is 15.1 Å². The van der Waals surface area contributed by atoms with Crippen LogP contribution in [0.25, 0.3) is 11.3 Å². The van der Waals surface area contributed by atoms with Crippen LogP contribution in [0.5, 0.6) is 5.75 Å². The fraction of sp³-hybridized carbons (Fsp3) is 0.238. The van der Waals surface area contributed by atoms with Crippen LogP contribution in [0, 0.1) is 0 Å². The number of hydrogen-bond donors (Lipinski definition) is 1. The monoisotopic (exact) mass is 396 g/mol. The molecule has 0 radical (unpaired) electrons. The lowest BCUT2D eigenvalue weighted by atomic mass is 10.1. The van der Waals surface area contributed by atoms with Crippen LogP contribution in [0.1, 0.15) is 10.5 Å². The van der Waals surface area contributed by atoms with Gasteiger partial charge in [0.2, 0.25) is 0 Å². The first-order chi connectivity index (χ1) is 13.6. The van der Waals surface area contributed by atoms with Gasteiger partial charge in [0.25, 0.3) is 5.91 Å². The molecular formula is C21H21ClN4O2. The lowest BCUT2D eigenvalue weighted by Gasteiger charge is -2.35. The standard InChI is InChI=1S/C21H21ClN4O2/c1-28-18-8-2-15(3-9-18)19-14-20(24-23-19)21(27)26-12-10-25(11-13-26)17-6-4-16(22)5-7-17/h2-9,14H,10-13H2,1H3,(H,23,24). The number of aromatic amines is 1. The number of carbonyl (C=O) groups excluding carboxylic acids is 1. The molecule has 0 aliphatic carbocycles. The summed E-state index contributed by atoms with van der Waals surface area (Å²) in [5.41, 5.74) is 3.31. The smallest absolute Gasteiger partial charge is 0.272 e. The zero-order chi connectivity index (χ0) is 19.5. The SMILES string of the molecule is COc1ccc(-c2cc(C(=O)N3CCN(c4ccc(Cl)cc4)CC3)[nH]n2)cc1. The van der Waals surface area contributed by atoms with Crippen LogP contribution in [0.3, 0.4) is 0 Å². The minimum absolute atomic E-state index is 0.0250. The summed E-state index contributed by atoms with van der Waals surface area (Å²) in [6.07, 6.45) is 0. The van der Waals surface area contributed by atoms with Crippen molar-refractivity contribution in [3.63, 3.8) is 0 Å². The van der Waals surface area contributed by atoms with Gasteiger partial charge in [-0.25, -0.2) is 0 Å². The molecule has 0 saturated carbocycles. The number of nitrogens with one attached hydrogen (secondary N) is 1. The van der Waals surface area contributed by atoms with Gasteiger partial charge in [0, 0.05) is 42.5 Å². The highest BCUT2D eigenvalue weighted by molar-refractivity contribution is 6.30. The van der Waals surface area contributed by atoms with Crippen molar-refractivity contribution in [1.29, 1.82) is 0 Å². The second-order valence-corrected chi connectivity index (χ2v) is 7.09. The first-order valence-corrected chi connectivity index (χ1v) is 9.51. The molecule has 1 aromatic heterocycles. The molecule has 0 unspecified atom stereocenters. The Kier molecular flexibility index (Phi) is 5.21. The van der Waals surface area contributed by atoms with Crippen LogP contribution in [-0.2, 0) is 0 Å². The molecule has 2 aromatic carbocycles. The lowest BCUT2D eigenvalue weighted by Crippen LogP contribution is -2.48. The number of methoxy groups -OCH3 is 1. The number of benzene rings is 2. The van der Waals surface area contributed by atoms with Crippen molar-refractivity contribution >= 4 is 23.2 Å². The second-order valence-electron chi connectivity index (χ2n) is 6.65. The first kappa shape index (κ1) is 18.4. The zero-order valence-electron chi connectivity index (χ0n) is 15.6. The number of H-pyrrole nitrogens is 1. The van der Waals surface area contributed by atoms with Crippen LogP contribution in [0.15, 0.2) is 54.6 Å². The van der Waals surface area contributed by atoms with E-state index in [0.29, 0.717) is 18.8 Å². The third-order valence-corrected chi connectivity index (χ3v) is 5.20. The molecule has 1 saturated heterocycles. The van der Waals surface area contributed by atoms with Gasteiger partial charge in [0.05, 0.1) is 12.8 Å². The number of piperazine rings is 1. The summed E-state index contributed by atoms with van der Waals surface area (Å²) >= 11 is 5.96. The summed E-state index contributed by atoms with van der Waals surface area (Å²) in [4.78, 5) is 16.9. The number of rotatable bonds is 4. The summed E-state index contributed by atoms with van der Waals surface area (Å²) in [6, 6.07) is 17.2. The fourth-order valence-corrected chi connectivity index (χ4v) is 3.46. The average molecular weight is 397 g/mol. The van der Waals surface area contributed by atoms with Crippen LogP contribution in [0.4, 0.5) is 5.69 Å². The number of halogens is 1. The maximum absolute atomic E-state index is 12.8. The summed E-state index contributed by atoms with van der Waals surface area (Å²) in [6.45, 7) is 2.90. The third-order valence-electron chi connectivity index (χ3n) is 4.95. The molecule has 4 rings (SSSR count). The average Bonchev–Trinajstić information content (AvgIpc) is 3.24. The molecule has 144 valence electrons. The molecule has 0 spiro atoms. The van der Waals surface area contributed by atoms with Gasteiger partial charge < -0.3 is 14.5 Å². The van der Waals surface area contributed by atoms with E-state index in [2.05, 4.69) is 15.1 Å². The molecule has 1 aliphatic heterocycles. The maximum Gasteiger partial charge on any atom is 0.272 e. The fourth-order valence-electron chi connectivity index (χ4n) is 3.33. The minimum Gasteiger partial charge on any atom is -0.497 e. The largest absolute Gasteiger partial charge is 0.497 e. The molecule has 1 aliphatic rings. The molecule has 3 aromatic rings. The van der Waals surface area contributed by atoms with Crippen molar-refractivity contribution in [2.24, 2.45) is 0 Å². The predicted molar refractivity (Wildman–Crippen MR) is 110 cm³/mol. The Balaban J connectivity index is 1.40. The number of carbonyl (C=O) groups is 1. The Morgan fingerprint density at radius 2 is 1.71 bits per heavy atom. The van der Waals surface area contributed by atoms with Crippen molar-refractivity contribution in [3.8, 4) is 17.0 Å². The first-order valence-electron chi connectivity index (χ1n) is 9.13. The lowest BCUT2D eigenvalue weighted by molar-refractivity contribution is 0.0741. The van der Waals surface area contributed by atoms with E-state index in [1.807, 2.05) is 53.4 Å². The maximum atomic E-state index is 12.8. The molecule has 28 heavy (non-hydrogen) atoms. The number of anilines is 1. The van der Waals surface area contributed by atoms with Gasteiger partial charge in [-0.2, -0.15) is 5.10 Å². The van der Waals surface area contributed by atoms with Crippen molar-refractivity contribution in [2.45, 2.75) is 0 Å². The highest BCUT2D eigenvalue weighted by Gasteiger charge is 2.23. The normalized spacial score (nSPS) is 14.2. The van der Waals surface area contributed by atoms with Gasteiger partial charge >= 0.3 is 0 Å². The molecule has 6 nitrogen and oxygen atoms in total. The topological polar surface area (TPSA) is 61.5 Å². The Hall–Kier alpha value is -2.99. The zero-order valence-corrected chi connectivity index (χ0v) is 16.3. The predicted octanol–water partition coefficient (Wildman–Crippen LogP) is 3.70. The Morgan fingerprint density at radius 1 is 1.04 bits per heavy atom. The Morgan fingerprint density at radius 3 is 2.36 bits per heavy atom. The number of hydrogen-bond acceptors (Lipinski definition) is 4. The summed E-state index contributed by atoms with van der Waals surface area (Å²) in [5, 5.41) is 7.90. The molecular weight excluding hydrogens is 376 g/mol.